The number of anilines is 1. The molecule has 0 unspecified atom stereocenters. The Bertz CT molecular complexity index is 1060. The molecule has 5 heteroatoms. The molecule has 1 atom stereocenters. The summed E-state index contributed by atoms with van der Waals surface area (Å²) >= 11 is 0. The quantitative estimate of drug-likeness (QED) is 0.603. The summed E-state index contributed by atoms with van der Waals surface area (Å²) in [6.45, 7) is 6.10. The molecular weight excluding hydrogens is 398 g/mol. The van der Waals surface area contributed by atoms with Gasteiger partial charge >= 0.3 is 0 Å². The molecule has 2 heterocycles. The van der Waals surface area contributed by atoms with Crippen molar-refractivity contribution in [2.24, 2.45) is 0 Å². The molecule has 166 valence electrons. The number of nitrogens with one attached hydrogen (secondary N) is 1. The van der Waals surface area contributed by atoms with Crippen LogP contribution < -0.4 is 10.2 Å². The third kappa shape index (κ3) is 5.17. The zero-order chi connectivity index (χ0) is 22.5. The Hall–Kier alpha value is -3.18. The molecule has 2 aromatic carbocycles. The average Bonchev–Trinajstić information content (AvgIpc) is 2.83. The van der Waals surface area contributed by atoms with Crippen molar-refractivity contribution in [1.29, 1.82) is 0 Å². The molecule has 1 amide bonds. The summed E-state index contributed by atoms with van der Waals surface area (Å²) < 4.78 is 0. The molecule has 2 N–H and O–H groups in total. The second kappa shape index (κ2) is 9.96. The second-order valence-electron chi connectivity index (χ2n) is 8.68. The molecule has 1 saturated heterocycles. The Kier molecular flexibility index (Phi) is 6.86. The number of rotatable bonds is 6. The van der Waals surface area contributed by atoms with E-state index in [-0.39, 0.29) is 17.9 Å². The number of aliphatic hydroxyl groups is 1. The van der Waals surface area contributed by atoms with Gasteiger partial charge < -0.3 is 15.3 Å². The van der Waals surface area contributed by atoms with Crippen LogP contribution in [0.3, 0.4) is 0 Å². The van der Waals surface area contributed by atoms with Crippen molar-refractivity contribution in [3.63, 3.8) is 0 Å². The minimum atomic E-state index is -0.282. The normalized spacial score (nSPS) is 15.4. The highest BCUT2D eigenvalue weighted by atomic mass is 16.3. The van der Waals surface area contributed by atoms with Gasteiger partial charge in [-0.2, -0.15) is 0 Å². The number of nitrogens with zero attached hydrogens (tertiary/aromatic N) is 2. The predicted molar refractivity (Wildman–Crippen MR) is 129 cm³/mol. The van der Waals surface area contributed by atoms with Gasteiger partial charge in [0.15, 0.2) is 0 Å². The number of piperidine rings is 1. The monoisotopic (exact) mass is 429 g/mol. The van der Waals surface area contributed by atoms with E-state index in [0.29, 0.717) is 43.9 Å². The van der Waals surface area contributed by atoms with E-state index in [1.54, 1.807) is 0 Å². The number of benzene rings is 2. The number of amides is 1. The number of aromatic nitrogens is 1. The van der Waals surface area contributed by atoms with E-state index in [2.05, 4.69) is 48.3 Å². The van der Waals surface area contributed by atoms with Gasteiger partial charge in [0.25, 0.3) is 5.91 Å². The first-order valence-corrected chi connectivity index (χ1v) is 11.4. The SMILES string of the molecule is Cc1cccc(-c2ccc(C(=O)NC[C@@H](C)c3ccccc3)c(N3CCC(O)CC3)n2)c1. The molecule has 4 rings (SSSR count). The zero-order valence-corrected chi connectivity index (χ0v) is 18.8. The van der Waals surface area contributed by atoms with Crippen LogP contribution in [0.25, 0.3) is 11.3 Å². The van der Waals surface area contributed by atoms with Crippen molar-refractivity contribution >= 4 is 11.7 Å². The smallest absolute Gasteiger partial charge is 0.255 e. The summed E-state index contributed by atoms with van der Waals surface area (Å²) in [5.41, 5.74) is 4.84. The molecule has 0 aliphatic carbocycles. The van der Waals surface area contributed by atoms with Gasteiger partial charge in [-0.05, 0) is 49.4 Å². The van der Waals surface area contributed by atoms with E-state index in [1.807, 2.05) is 42.5 Å². The van der Waals surface area contributed by atoms with Crippen molar-refractivity contribution in [2.75, 3.05) is 24.5 Å². The Labute approximate surface area is 190 Å². The summed E-state index contributed by atoms with van der Waals surface area (Å²) in [6, 6.07) is 22.2. The number of pyridine rings is 1. The van der Waals surface area contributed by atoms with E-state index >= 15 is 0 Å². The summed E-state index contributed by atoms with van der Waals surface area (Å²) in [7, 11) is 0. The van der Waals surface area contributed by atoms with Crippen LogP contribution >= 0.6 is 0 Å². The molecule has 0 radical (unpaired) electrons. The molecule has 3 aromatic rings. The van der Waals surface area contributed by atoms with E-state index in [1.165, 1.54) is 11.1 Å². The number of hydrogen-bond acceptors (Lipinski definition) is 4. The van der Waals surface area contributed by atoms with Crippen molar-refractivity contribution in [3.8, 4) is 11.3 Å². The Morgan fingerprint density at radius 3 is 2.56 bits per heavy atom. The van der Waals surface area contributed by atoms with Crippen molar-refractivity contribution in [3.05, 3.63) is 83.4 Å². The van der Waals surface area contributed by atoms with Crippen LogP contribution in [0.1, 0.15) is 47.2 Å². The van der Waals surface area contributed by atoms with Crippen LogP contribution in [-0.4, -0.2) is 41.7 Å². The van der Waals surface area contributed by atoms with Gasteiger partial charge in [-0.3, -0.25) is 4.79 Å². The van der Waals surface area contributed by atoms with Crippen LogP contribution in [0, 0.1) is 6.92 Å². The summed E-state index contributed by atoms with van der Waals surface area (Å²) in [5, 5.41) is 13.0. The fraction of sp³-hybridized carbons (Fsp3) is 0.333. The number of aliphatic hydroxyl groups excluding tert-OH is 1. The van der Waals surface area contributed by atoms with E-state index in [0.717, 1.165) is 11.3 Å². The fourth-order valence-electron chi connectivity index (χ4n) is 4.15. The van der Waals surface area contributed by atoms with E-state index in [4.69, 9.17) is 4.98 Å². The topological polar surface area (TPSA) is 65.5 Å². The van der Waals surface area contributed by atoms with Crippen LogP contribution in [0.4, 0.5) is 5.82 Å². The van der Waals surface area contributed by atoms with Gasteiger partial charge in [-0.1, -0.05) is 61.0 Å². The van der Waals surface area contributed by atoms with E-state index < -0.39 is 0 Å². The molecule has 0 spiro atoms. The summed E-state index contributed by atoms with van der Waals surface area (Å²) in [4.78, 5) is 20.2. The van der Waals surface area contributed by atoms with Gasteiger partial charge in [0.2, 0.25) is 0 Å². The largest absolute Gasteiger partial charge is 0.393 e. The van der Waals surface area contributed by atoms with Gasteiger partial charge in [0.1, 0.15) is 5.82 Å². The molecule has 1 aliphatic heterocycles. The first-order chi connectivity index (χ1) is 15.5. The lowest BCUT2D eigenvalue weighted by molar-refractivity contribution is 0.0951. The van der Waals surface area contributed by atoms with Gasteiger partial charge in [0, 0.05) is 25.2 Å². The first-order valence-electron chi connectivity index (χ1n) is 11.4. The highest BCUT2D eigenvalue weighted by Crippen LogP contribution is 2.27. The highest BCUT2D eigenvalue weighted by molar-refractivity contribution is 5.99. The number of carbonyl (C=O) groups excluding carboxylic acids is 1. The standard InChI is InChI=1S/C27H31N3O2/c1-19-7-6-10-22(17-19)25-12-11-24(26(29-25)30-15-13-23(31)14-16-30)27(32)28-18-20(2)21-8-4-3-5-9-21/h3-12,17,20,23,31H,13-16,18H2,1-2H3,(H,28,32)/t20-/m1/s1. The number of hydrogen-bond donors (Lipinski definition) is 2. The van der Waals surface area contributed by atoms with Crippen LogP contribution in [0.2, 0.25) is 0 Å². The molecular formula is C27H31N3O2. The minimum absolute atomic E-state index is 0.114. The first kappa shape index (κ1) is 22.0. The third-order valence-corrected chi connectivity index (χ3v) is 6.14. The van der Waals surface area contributed by atoms with Crippen molar-refractivity contribution in [1.82, 2.24) is 10.3 Å². The molecule has 1 aromatic heterocycles. The number of aryl methyl sites for hydroxylation is 1. The van der Waals surface area contributed by atoms with Crippen LogP contribution in [0.15, 0.2) is 66.7 Å². The number of carbonyl (C=O) groups is 1. The lowest BCUT2D eigenvalue weighted by Crippen LogP contribution is -2.38. The van der Waals surface area contributed by atoms with Crippen molar-refractivity contribution in [2.45, 2.75) is 38.7 Å². The Balaban J connectivity index is 1.59. The predicted octanol–water partition coefficient (Wildman–Crippen LogP) is 4.55. The van der Waals surface area contributed by atoms with Gasteiger partial charge in [0.05, 0.1) is 17.4 Å². The van der Waals surface area contributed by atoms with Gasteiger partial charge in [-0.25, -0.2) is 4.98 Å². The van der Waals surface area contributed by atoms with Gasteiger partial charge in [-0.15, -0.1) is 0 Å². The highest BCUT2D eigenvalue weighted by Gasteiger charge is 2.24. The van der Waals surface area contributed by atoms with Crippen LogP contribution in [0.5, 0.6) is 0 Å². The molecule has 32 heavy (non-hydrogen) atoms. The molecule has 0 saturated carbocycles. The van der Waals surface area contributed by atoms with E-state index in [9.17, 15) is 9.90 Å². The Morgan fingerprint density at radius 1 is 1.09 bits per heavy atom. The molecule has 0 bridgehead atoms. The Morgan fingerprint density at radius 2 is 1.84 bits per heavy atom. The molecule has 1 fully saturated rings. The lowest BCUT2D eigenvalue weighted by Gasteiger charge is -2.32. The average molecular weight is 430 g/mol. The van der Waals surface area contributed by atoms with Crippen LogP contribution in [-0.2, 0) is 0 Å². The minimum Gasteiger partial charge on any atom is -0.393 e. The molecule has 5 nitrogen and oxygen atoms in total. The second-order valence-corrected chi connectivity index (χ2v) is 8.68. The maximum Gasteiger partial charge on any atom is 0.255 e. The lowest BCUT2D eigenvalue weighted by atomic mass is 10.0. The summed E-state index contributed by atoms with van der Waals surface area (Å²) in [6.07, 6.45) is 1.08. The maximum atomic E-state index is 13.2. The fourth-order valence-corrected chi connectivity index (χ4v) is 4.15. The third-order valence-electron chi connectivity index (χ3n) is 6.14. The summed E-state index contributed by atoms with van der Waals surface area (Å²) in [5.74, 6) is 0.797. The zero-order valence-electron chi connectivity index (χ0n) is 18.8. The van der Waals surface area contributed by atoms with Crippen molar-refractivity contribution < 1.29 is 9.90 Å². The maximum absolute atomic E-state index is 13.2. The molecule has 1 aliphatic rings.